The maximum absolute atomic E-state index is 12.4. The van der Waals surface area contributed by atoms with E-state index in [-0.39, 0.29) is 11.5 Å². The lowest BCUT2D eigenvalue weighted by Crippen LogP contribution is -2.30. The highest BCUT2D eigenvalue weighted by molar-refractivity contribution is 7.89. The van der Waals surface area contributed by atoms with Crippen LogP contribution in [-0.4, -0.2) is 20.1 Å². The van der Waals surface area contributed by atoms with Crippen LogP contribution in [0.15, 0.2) is 23.1 Å². The van der Waals surface area contributed by atoms with E-state index in [1.165, 1.54) is 19.3 Å². The van der Waals surface area contributed by atoms with Gasteiger partial charge in [0.1, 0.15) is 0 Å². The number of aliphatic hydroxyl groups is 1. The molecule has 0 heterocycles. The lowest BCUT2D eigenvalue weighted by Gasteiger charge is -2.22. The maximum Gasteiger partial charge on any atom is 0.240 e. The van der Waals surface area contributed by atoms with E-state index in [4.69, 9.17) is 0 Å². The molecule has 0 spiro atoms. The van der Waals surface area contributed by atoms with Gasteiger partial charge in [-0.05, 0) is 42.9 Å². The fraction of sp³-hybridized carbons (Fsp3) is 0.600. The first-order chi connectivity index (χ1) is 9.54. The van der Waals surface area contributed by atoms with Crippen LogP contribution in [0, 0.1) is 12.8 Å². The maximum atomic E-state index is 12.4. The van der Waals surface area contributed by atoms with Crippen molar-refractivity contribution in [3.8, 4) is 0 Å². The van der Waals surface area contributed by atoms with Crippen LogP contribution < -0.4 is 4.72 Å². The zero-order chi connectivity index (χ0) is 14.6. The Labute approximate surface area is 121 Å². The van der Waals surface area contributed by atoms with Crippen molar-refractivity contribution in [3.05, 3.63) is 29.3 Å². The predicted molar refractivity (Wildman–Crippen MR) is 78.9 cm³/mol. The highest BCUT2D eigenvalue weighted by Crippen LogP contribution is 2.24. The number of nitrogens with one attached hydrogen (secondary N) is 1. The third-order valence-electron chi connectivity index (χ3n) is 4.14. The Morgan fingerprint density at radius 3 is 2.60 bits per heavy atom. The van der Waals surface area contributed by atoms with Gasteiger partial charge in [-0.1, -0.05) is 31.4 Å². The van der Waals surface area contributed by atoms with Crippen molar-refractivity contribution < 1.29 is 13.5 Å². The zero-order valence-electron chi connectivity index (χ0n) is 11.9. The summed E-state index contributed by atoms with van der Waals surface area (Å²) < 4.78 is 27.5. The van der Waals surface area contributed by atoms with E-state index in [2.05, 4.69) is 4.72 Å². The van der Waals surface area contributed by atoms with Crippen LogP contribution in [0.1, 0.15) is 43.2 Å². The van der Waals surface area contributed by atoms with Gasteiger partial charge in [-0.3, -0.25) is 0 Å². The van der Waals surface area contributed by atoms with Crippen LogP contribution in [0.3, 0.4) is 0 Å². The van der Waals surface area contributed by atoms with Gasteiger partial charge in [0.15, 0.2) is 0 Å². The molecule has 0 saturated heterocycles. The van der Waals surface area contributed by atoms with E-state index in [1.807, 2.05) is 0 Å². The van der Waals surface area contributed by atoms with Gasteiger partial charge < -0.3 is 5.11 Å². The fourth-order valence-corrected chi connectivity index (χ4v) is 4.22. The standard InChI is InChI=1S/C15H23NO3S/c1-12-14(11-17)8-5-9-15(12)20(18,19)16-10-13-6-3-2-4-7-13/h5,8-9,13,16-17H,2-4,6-7,10-11H2,1H3. The number of hydrogen-bond donors (Lipinski definition) is 2. The molecule has 2 N–H and O–H groups in total. The molecule has 1 aliphatic carbocycles. The van der Waals surface area contributed by atoms with E-state index in [9.17, 15) is 13.5 Å². The predicted octanol–water partition coefficient (Wildman–Crippen LogP) is 2.35. The summed E-state index contributed by atoms with van der Waals surface area (Å²) in [5.74, 6) is 0.458. The summed E-state index contributed by atoms with van der Waals surface area (Å²) in [6.45, 7) is 2.11. The van der Waals surface area contributed by atoms with E-state index in [0.29, 0.717) is 23.6 Å². The second kappa shape index (κ2) is 6.70. The monoisotopic (exact) mass is 297 g/mol. The second-order valence-electron chi connectivity index (χ2n) is 5.55. The molecule has 0 bridgehead atoms. The zero-order valence-corrected chi connectivity index (χ0v) is 12.7. The fourth-order valence-electron chi connectivity index (χ4n) is 2.82. The molecule has 0 atom stereocenters. The highest BCUT2D eigenvalue weighted by atomic mass is 32.2. The summed E-state index contributed by atoms with van der Waals surface area (Å²) in [5.41, 5.74) is 1.29. The number of rotatable bonds is 5. The van der Waals surface area contributed by atoms with E-state index < -0.39 is 10.0 Å². The van der Waals surface area contributed by atoms with Crippen LogP contribution in [0.2, 0.25) is 0 Å². The van der Waals surface area contributed by atoms with Crippen LogP contribution in [0.25, 0.3) is 0 Å². The molecule has 0 unspecified atom stereocenters. The van der Waals surface area contributed by atoms with Gasteiger partial charge in [0.2, 0.25) is 10.0 Å². The minimum absolute atomic E-state index is 0.141. The minimum Gasteiger partial charge on any atom is -0.392 e. The summed E-state index contributed by atoms with van der Waals surface area (Å²) in [4.78, 5) is 0.278. The Balaban J connectivity index is 2.10. The van der Waals surface area contributed by atoms with Gasteiger partial charge in [0.05, 0.1) is 11.5 Å². The van der Waals surface area contributed by atoms with E-state index >= 15 is 0 Å². The van der Waals surface area contributed by atoms with Crippen molar-refractivity contribution >= 4 is 10.0 Å². The van der Waals surface area contributed by atoms with Gasteiger partial charge in [0, 0.05) is 6.54 Å². The summed E-state index contributed by atoms with van der Waals surface area (Å²) in [6.07, 6.45) is 5.88. The quantitative estimate of drug-likeness (QED) is 0.876. The molecule has 1 fully saturated rings. The Hall–Kier alpha value is -0.910. The number of hydrogen-bond acceptors (Lipinski definition) is 3. The third kappa shape index (κ3) is 3.59. The molecule has 0 aliphatic heterocycles. The topological polar surface area (TPSA) is 66.4 Å². The second-order valence-corrected chi connectivity index (χ2v) is 7.29. The molecule has 112 valence electrons. The molecule has 0 radical (unpaired) electrons. The summed E-state index contributed by atoms with van der Waals surface area (Å²) in [5, 5.41) is 9.23. The molecule has 1 aliphatic rings. The van der Waals surface area contributed by atoms with Crippen molar-refractivity contribution in [2.75, 3.05) is 6.54 Å². The Kier molecular flexibility index (Phi) is 5.18. The molecule has 1 saturated carbocycles. The van der Waals surface area contributed by atoms with Crippen molar-refractivity contribution in [3.63, 3.8) is 0 Å². The number of sulfonamides is 1. The smallest absolute Gasteiger partial charge is 0.240 e. The molecule has 20 heavy (non-hydrogen) atoms. The van der Waals surface area contributed by atoms with Crippen LogP contribution in [-0.2, 0) is 16.6 Å². The SMILES string of the molecule is Cc1c(CO)cccc1S(=O)(=O)NCC1CCCCC1. The molecule has 1 aromatic rings. The number of aliphatic hydroxyl groups excluding tert-OH is 1. The van der Waals surface area contributed by atoms with Gasteiger partial charge in [-0.25, -0.2) is 13.1 Å². The van der Waals surface area contributed by atoms with Crippen LogP contribution in [0.5, 0.6) is 0 Å². The molecular weight excluding hydrogens is 274 g/mol. The first-order valence-electron chi connectivity index (χ1n) is 7.23. The summed E-state index contributed by atoms with van der Waals surface area (Å²) >= 11 is 0. The summed E-state index contributed by atoms with van der Waals surface area (Å²) in [7, 11) is -3.48. The normalized spacial score (nSPS) is 17.3. The van der Waals surface area contributed by atoms with Crippen molar-refractivity contribution in [1.29, 1.82) is 0 Å². The lowest BCUT2D eigenvalue weighted by molar-refractivity contribution is 0.280. The molecule has 5 heteroatoms. The Morgan fingerprint density at radius 2 is 1.95 bits per heavy atom. The average molecular weight is 297 g/mol. The molecule has 2 rings (SSSR count). The molecule has 1 aromatic carbocycles. The molecular formula is C15H23NO3S. The van der Waals surface area contributed by atoms with Crippen molar-refractivity contribution in [2.45, 2.75) is 50.5 Å². The molecule has 0 aromatic heterocycles. The first kappa shape index (κ1) is 15.5. The summed E-state index contributed by atoms with van der Waals surface area (Å²) in [6, 6.07) is 5.01. The minimum atomic E-state index is -3.48. The Morgan fingerprint density at radius 1 is 1.25 bits per heavy atom. The van der Waals surface area contributed by atoms with Crippen molar-refractivity contribution in [2.24, 2.45) is 5.92 Å². The van der Waals surface area contributed by atoms with Gasteiger partial charge in [-0.2, -0.15) is 0 Å². The lowest BCUT2D eigenvalue weighted by atomic mass is 9.90. The van der Waals surface area contributed by atoms with Crippen LogP contribution in [0.4, 0.5) is 0 Å². The average Bonchev–Trinajstić information content (AvgIpc) is 2.46. The van der Waals surface area contributed by atoms with E-state index in [0.717, 1.165) is 12.8 Å². The van der Waals surface area contributed by atoms with E-state index in [1.54, 1.807) is 25.1 Å². The van der Waals surface area contributed by atoms with Gasteiger partial charge in [0.25, 0.3) is 0 Å². The Bertz CT molecular complexity index is 548. The van der Waals surface area contributed by atoms with Crippen molar-refractivity contribution in [1.82, 2.24) is 4.72 Å². The number of benzene rings is 1. The largest absolute Gasteiger partial charge is 0.392 e. The molecule has 4 nitrogen and oxygen atoms in total. The van der Waals surface area contributed by atoms with Crippen LogP contribution >= 0.6 is 0 Å². The third-order valence-corrected chi connectivity index (χ3v) is 5.71. The highest BCUT2D eigenvalue weighted by Gasteiger charge is 2.21. The first-order valence-corrected chi connectivity index (χ1v) is 8.72. The molecule has 0 amide bonds. The van der Waals surface area contributed by atoms with Gasteiger partial charge in [-0.15, -0.1) is 0 Å². The van der Waals surface area contributed by atoms with Gasteiger partial charge >= 0.3 is 0 Å².